The molecule has 0 amide bonds. The second kappa shape index (κ2) is 6.74. The van der Waals surface area contributed by atoms with Crippen molar-refractivity contribution in [3.05, 3.63) is 54.2 Å². The molecular weight excluding hydrogens is 266 g/mol. The number of nitrogens with two attached hydrogens (primary N) is 1. The zero-order valence-electron chi connectivity index (χ0n) is 12.2. The molecule has 1 atom stereocenters. The van der Waals surface area contributed by atoms with E-state index in [0.29, 0.717) is 17.9 Å². The summed E-state index contributed by atoms with van der Waals surface area (Å²) in [4.78, 5) is 18.1. The van der Waals surface area contributed by atoms with Gasteiger partial charge in [0.25, 0.3) is 0 Å². The lowest BCUT2D eigenvalue weighted by Gasteiger charge is -2.27. The molecule has 5 nitrogen and oxygen atoms in total. The Balaban J connectivity index is 2.28. The fourth-order valence-corrected chi connectivity index (χ4v) is 2.20. The maximum Gasteiger partial charge on any atom is 0.328 e. The van der Waals surface area contributed by atoms with Gasteiger partial charge in [0.05, 0.1) is 12.8 Å². The third-order valence-electron chi connectivity index (χ3n) is 3.36. The molecule has 1 aromatic carbocycles. The van der Waals surface area contributed by atoms with Crippen molar-refractivity contribution < 1.29 is 9.53 Å². The summed E-state index contributed by atoms with van der Waals surface area (Å²) >= 11 is 0. The van der Waals surface area contributed by atoms with Crippen LogP contribution in [0.25, 0.3) is 0 Å². The molecule has 0 fully saturated rings. The van der Waals surface area contributed by atoms with Crippen molar-refractivity contribution in [3.63, 3.8) is 0 Å². The van der Waals surface area contributed by atoms with Crippen LogP contribution in [0, 0.1) is 0 Å². The van der Waals surface area contributed by atoms with Crippen LogP contribution in [0.15, 0.2) is 48.7 Å². The van der Waals surface area contributed by atoms with Crippen molar-refractivity contribution in [1.29, 1.82) is 0 Å². The number of carbonyl (C=O) groups is 1. The smallest absolute Gasteiger partial charge is 0.328 e. The van der Waals surface area contributed by atoms with E-state index < -0.39 is 6.04 Å². The number of carbonyl (C=O) groups excluding carboxylic acids is 1. The van der Waals surface area contributed by atoms with Crippen LogP contribution >= 0.6 is 0 Å². The summed E-state index contributed by atoms with van der Waals surface area (Å²) < 4.78 is 4.92. The number of likely N-dealkylation sites (N-methyl/N-ethyl adjacent to an activating group) is 1. The minimum atomic E-state index is -0.477. The number of anilines is 2. The highest BCUT2D eigenvalue weighted by atomic mass is 16.5. The van der Waals surface area contributed by atoms with Crippen molar-refractivity contribution in [2.45, 2.75) is 12.5 Å². The predicted molar refractivity (Wildman–Crippen MR) is 83.0 cm³/mol. The lowest BCUT2D eigenvalue weighted by molar-refractivity contribution is -0.142. The van der Waals surface area contributed by atoms with E-state index in [-0.39, 0.29) is 5.97 Å². The fourth-order valence-electron chi connectivity index (χ4n) is 2.20. The Bertz CT molecular complexity index is 601. The molecule has 0 bridgehead atoms. The standard InChI is InChI=1S/C16H19N3O2/c1-19(15-13(17)9-6-10-18-15)14(16(20)21-2)11-12-7-4-3-5-8-12/h3-10,14H,11,17H2,1-2H3. The highest BCUT2D eigenvalue weighted by Gasteiger charge is 2.26. The summed E-state index contributed by atoms with van der Waals surface area (Å²) in [7, 11) is 3.18. The zero-order chi connectivity index (χ0) is 15.2. The monoisotopic (exact) mass is 285 g/mol. The summed E-state index contributed by atoms with van der Waals surface area (Å²) in [5, 5.41) is 0. The third kappa shape index (κ3) is 3.51. The molecule has 110 valence electrons. The van der Waals surface area contributed by atoms with Gasteiger partial charge in [0, 0.05) is 19.7 Å². The van der Waals surface area contributed by atoms with Crippen LogP contribution in [0.5, 0.6) is 0 Å². The lowest BCUT2D eigenvalue weighted by Crippen LogP contribution is -2.41. The molecule has 0 aliphatic heterocycles. The number of nitrogen functional groups attached to an aromatic ring is 1. The zero-order valence-corrected chi connectivity index (χ0v) is 12.2. The average Bonchev–Trinajstić information content (AvgIpc) is 2.53. The first-order valence-electron chi connectivity index (χ1n) is 6.68. The first-order chi connectivity index (χ1) is 10.1. The van der Waals surface area contributed by atoms with Crippen molar-refractivity contribution in [3.8, 4) is 0 Å². The van der Waals surface area contributed by atoms with Crippen LogP contribution < -0.4 is 10.6 Å². The first kappa shape index (κ1) is 14.8. The van der Waals surface area contributed by atoms with Gasteiger partial charge in [-0.3, -0.25) is 0 Å². The Kier molecular flexibility index (Phi) is 4.77. The second-order valence-corrected chi connectivity index (χ2v) is 4.76. The molecule has 21 heavy (non-hydrogen) atoms. The summed E-state index contributed by atoms with van der Waals surface area (Å²) in [6, 6.07) is 12.8. The van der Waals surface area contributed by atoms with Crippen LogP contribution in [-0.4, -0.2) is 31.2 Å². The number of hydrogen-bond acceptors (Lipinski definition) is 5. The summed E-state index contributed by atoms with van der Waals surface area (Å²) in [6.07, 6.45) is 2.18. The molecule has 5 heteroatoms. The quantitative estimate of drug-likeness (QED) is 0.850. The summed E-state index contributed by atoms with van der Waals surface area (Å²) in [6.45, 7) is 0. The van der Waals surface area contributed by atoms with Gasteiger partial charge in [-0.25, -0.2) is 9.78 Å². The minimum Gasteiger partial charge on any atom is -0.467 e. The summed E-state index contributed by atoms with van der Waals surface area (Å²) in [5.41, 5.74) is 7.52. The molecule has 2 rings (SSSR count). The molecule has 2 N–H and O–H groups in total. The van der Waals surface area contributed by atoms with E-state index in [0.717, 1.165) is 5.56 Å². The predicted octanol–water partition coefficient (Wildman–Crippen LogP) is 1.88. The van der Waals surface area contributed by atoms with Gasteiger partial charge >= 0.3 is 5.97 Å². The van der Waals surface area contributed by atoms with Gasteiger partial charge < -0.3 is 15.4 Å². The van der Waals surface area contributed by atoms with Crippen LogP contribution in [0.4, 0.5) is 11.5 Å². The topological polar surface area (TPSA) is 68.5 Å². The molecule has 0 aliphatic carbocycles. The number of aromatic nitrogens is 1. The number of pyridine rings is 1. The highest BCUT2D eigenvalue weighted by Crippen LogP contribution is 2.22. The Hall–Kier alpha value is -2.56. The molecule has 0 saturated carbocycles. The van der Waals surface area contributed by atoms with E-state index in [1.54, 1.807) is 30.3 Å². The van der Waals surface area contributed by atoms with Gasteiger partial charge in [-0.05, 0) is 17.7 Å². The minimum absolute atomic E-state index is 0.314. The van der Waals surface area contributed by atoms with Crippen LogP contribution in [0.2, 0.25) is 0 Å². The maximum atomic E-state index is 12.1. The van der Waals surface area contributed by atoms with Crippen molar-refractivity contribution in [1.82, 2.24) is 4.98 Å². The Labute approximate surface area is 124 Å². The van der Waals surface area contributed by atoms with Crippen LogP contribution in [-0.2, 0) is 16.0 Å². The number of hydrogen-bond donors (Lipinski definition) is 1. The molecule has 0 saturated heterocycles. The van der Waals surface area contributed by atoms with Crippen LogP contribution in [0.1, 0.15) is 5.56 Å². The number of nitrogens with zero attached hydrogens (tertiary/aromatic N) is 2. The van der Waals surface area contributed by atoms with Gasteiger partial charge in [0.15, 0.2) is 5.82 Å². The number of rotatable bonds is 5. The lowest BCUT2D eigenvalue weighted by atomic mass is 10.0. The Morgan fingerprint density at radius 3 is 2.62 bits per heavy atom. The van der Waals surface area contributed by atoms with E-state index in [2.05, 4.69) is 4.98 Å². The molecule has 1 unspecified atom stereocenters. The number of benzene rings is 1. The average molecular weight is 285 g/mol. The van der Waals surface area contributed by atoms with Crippen LogP contribution in [0.3, 0.4) is 0 Å². The molecular formula is C16H19N3O2. The molecule has 2 aromatic rings. The summed E-state index contributed by atoms with van der Waals surface area (Å²) in [5.74, 6) is 0.259. The Morgan fingerprint density at radius 2 is 2.00 bits per heavy atom. The molecule has 0 spiro atoms. The van der Waals surface area contributed by atoms with Crippen molar-refractivity contribution in [2.75, 3.05) is 24.8 Å². The van der Waals surface area contributed by atoms with Gasteiger partial charge in [-0.15, -0.1) is 0 Å². The van der Waals surface area contributed by atoms with Crippen molar-refractivity contribution in [2.24, 2.45) is 0 Å². The van der Waals surface area contributed by atoms with E-state index in [9.17, 15) is 4.79 Å². The van der Waals surface area contributed by atoms with Crippen molar-refractivity contribution >= 4 is 17.5 Å². The van der Waals surface area contributed by atoms with E-state index in [1.165, 1.54) is 7.11 Å². The van der Waals surface area contributed by atoms with E-state index in [4.69, 9.17) is 10.5 Å². The largest absolute Gasteiger partial charge is 0.467 e. The van der Waals surface area contributed by atoms with Gasteiger partial charge in [0.1, 0.15) is 6.04 Å². The number of methoxy groups -OCH3 is 1. The first-order valence-corrected chi connectivity index (χ1v) is 6.68. The van der Waals surface area contributed by atoms with E-state index >= 15 is 0 Å². The molecule has 0 radical (unpaired) electrons. The molecule has 1 heterocycles. The maximum absolute atomic E-state index is 12.1. The molecule has 0 aliphatic rings. The van der Waals surface area contributed by atoms with Gasteiger partial charge in [-0.1, -0.05) is 30.3 Å². The number of esters is 1. The third-order valence-corrected chi connectivity index (χ3v) is 3.36. The SMILES string of the molecule is COC(=O)C(Cc1ccccc1)N(C)c1ncccc1N. The molecule has 1 aromatic heterocycles. The normalized spacial score (nSPS) is 11.7. The Morgan fingerprint density at radius 1 is 1.29 bits per heavy atom. The van der Waals surface area contributed by atoms with Gasteiger partial charge in [0.2, 0.25) is 0 Å². The fraction of sp³-hybridized carbons (Fsp3) is 0.250. The van der Waals surface area contributed by atoms with Gasteiger partial charge in [-0.2, -0.15) is 0 Å². The number of ether oxygens (including phenoxy) is 1. The van der Waals surface area contributed by atoms with E-state index in [1.807, 2.05) is 30.3 Å². The second-order valence-electron chi connectivity index (χ2n) is 4.76. The highest BCUT2D eigenvalue weighted by molar-refractivity contribution is 5.81.